The molecule has 0 aromatic rings. The number of allylic oxidation sites excluding steroid dienone is 1. The third-order valence-electron chi connectivity index (χ3n) is 0.912. The lowest BCUT2D eigenvalue weighted by Gasteiger charge is -1.97. The van der Waals surface area contributed by atoms with Crippen molar-refractivity contribution in [3.8, 4) is 0 Å². The number of hydrogen-bond donors (Lipinski definition) is 0. The minimum Gasteiger partial charge on any atom is -0.267 e. The van der Waals surface area contributed by atoms with Gasteiger partial charge in [-0.05, 0) is 12.8 Å². The van der Waals surface area contributed by atoms with Crippen molar-refractivity contribution in [1.29, 1.82) is 0 Å². The number of hydrogen-bond acceptors (Lipinski definition) is 3. The van der Waals surface area contributed by atoms with Crippen LogP contribution in [0.2, 0.25) is 0 Å². The standard InChI is InChI=1S/C7H14O3S/c1-4-10-11(8,9)6-5-7(2)3/h5-7H,4H2,1-3H3. The largest absolute Gasteiger partial charge is 0.289 e. The molecular weight excluding hydrogens is 164 g/mol. The molecule has 0 rings (SSSR count). The second kappa shape index (κ2) is 4.51. The zero-order chi connectivity index (χ0) is 8.91. The van der Waals surface area contributed by atoms with Crippen molar-refractivity contribution in [3.05, 3.63) is 11.5 Å². The summed E-state index contributed by atoms with van der Waals surface area (Å²) in [5.74, 6) is 0.227. The Balaban J connectivity index is 4.13. The van der Waals surface area contributed by atoms with E-state index >= 15 is 0 Å². The van der Waals surface area contributed by atoms with E-state index in [1.54, 1.807) is 13.0 Å². The highest BCUT2D eigenvalue weighted by molar-refractivity contribution is 7.89. The maximum atomic E-state index is 10.8. The van der Waals surface area contributed by atoms with Gasteiger partial charge >= 0.3 is 0 Å². The molecule has 0 saturated carbocycles. The van der Waals surface area contributed by atoms with Gasteiger partial charge in [0.15, 0.2) is 0 Å². The molecule has 0 spiro atoms. The summed E-state index contributed by atoms with van der Waals surface area (Å²) < 4.78 is 26.1. The maximum absolute atomic E-state index is 10.8. The molecule has 0 atom stereocenters. The molecule has 0 saturated heterocycles. The highest BCUT2D eigenvalue weighted by Gasteiger charge is 2.02. The molecule has 0 aliphatic carbocycles. The summed E-state index contributed by atoms with van der Waals surface area (Å²) in [5.41, 5.74) is 0. The second-order valence-corrected chi connectivity index (χ2v) is 3.97. The van der Waals surface area contributed by atoms with Gasteiger partial charge in [0.05, 0.1) is 12.0 Å². The zero-order valence-corrected chi connectivity index (χ0v) is 7.89. The van der Waals surface area contributed by atoms with E-state index in [1.165, 1.54) is 0 Å². The molecule has 0 aliphatic rings. The Hall–Kier alpha value is -0.350. The molecule has 0 aromatic heterocycles. The van der Waals surface area contributed by atoms with Crippen LogP contribution >= 0.6 is 0 Å². The number of rotatable bonds is 4. The van der Waals surface area contributed by atoms with E-state index in [9.17, 15) is 8.42 Å². The first kappa shape index (κ1) is 10.7. The van der Waals surface area contributed by atoms with Gasteiger partial charge in [0.2, 0.25) is 0 Å². The molecule has 3 nitrogen and oxygen atoms in total. The van der Waals surface area contributed by atoms with Crippen LogP contribution in [0.3, 0.4) is 0 Å². The summed E-state index contributed by atoms with van der Waals surface area (Å²) in [6.07, 6.45) is 1.59. The third-order valence-corrected chi connectivity index (χ3v) is 1.97. The molecule has 0 radical (unpaired) electrons. The van der Waals surface area contributed by atoms with Crippen LogP contribution in [0.25, 0.3) is 0 Å². The molecule has 66 valence electrons. The molecule has 0 aliphatic heterocycles. The van der Waals surface area contributed by atoms with E-state index < -0.39 is 10.1 Å². The summed E-state index contributed by atoms with van der Waals surface area (Å²) in [6, 6.07) is 0. The van der Waals surface area contributed by atoms with E-state index in [1.807, 2.05) is 13.8 Å². The van der Waals surface area contributed by atoms with Crippen molar-refractivity contribution in [2.24, 2.45) is 5.92 Å². The molecule has 0 N–H and O–H groups in total. The van der Waals surface area contributed by atoms with Crippen LogP contribution in [0.5, 0.6) is 0 Å². The molecular formula is C7H14O3S. The summed E-state index contributed by atoms with van der Waals surface area (Å²) in [5, 5.41) is 1.10. The van der Waals surface area contributed by atoms with E-state index in [4.69, 9.17) is 0 Å². The summed E-state index contributed by atoms with van der Waals surface area (Å²) in [6.45, 7) is 5.63. The van der Waals surface area contributed by atoms with Gasteiger partial charge in [-0.25, -0.2) is 0 Å². The van der Waals surface area contributed by atoms with Gasteiger partial charge in [-0.3, -0.25) is 4.18 Å². The molecule has 0 fully saturated rings. The normalized spacial score (nSPS) is 13.1. The van der Waals surface area contributed by atoms with Crippen LogP contribution in [0.1, 0.15) is 20.8 Å². The summed E-state index contributed by atoms with van der Waals surface area (Å²) >= 11 is 0. The Kier molecular flexibility index (Phi) is 4.37. The van der Waals surface area contributed by atoms with Gasteiger partial charge < -0.3 is 0 Å². The van der Waals surface area contributed by atoms with Gasteiger partial charge in [-0.15, -0.1) is 0 Å². The van der Waals surface area contributed by atoms with E-state index in [2.05, 4.69) is 4.18 Å². The van der Waals surface area contributed by atoms with Crippen molar-refractivity contribution in [1.82, 2.24) is 0 Å². The minimum absolute atomic E-state index is 0.185. The average Bonchev–Trinajstić information content (AvgIpc) is 1.84. The predicted octanol–water partition coefficient (Wildman–Crippen LogP) is 1.52. The molecule has 0 bridgehead atoms. The minimum atomic E-state index is -3.41. The van der Waals surface area contributed by atoms with Gasteiger partial charge in [0, 0.05) is 0 Å². The van der Waals surface area contributed by atoms with Crippen LogP contribution in [0.15, 0.2) is 11.5 Å². The first-order valence-electron chi connectivity index (χ1n) is 3.55. The molecule has 0 aromatic carbocycles. The Bertz CT molecular complexity index is 214. The Labute approximate surface area is 68.2 Å². The lowest BCUT2D eigenvalue weighted by Crippen LogP contribution is -2.01. The molecule has 11 heavy (non-hydrogen) atoms. The SMILES string of the molecule is CCOS(=O)(=O)C=CC(C)C. The van der Waals surface area contributed by atoms with E-state index in [-0.39, 0.29) is 12.5 Å². The fourth-order valence-corrected chi connectivity index (χ4v) is 1.37. The fourth-order valence-electron chi connectivity index (χ4n) is 0.457. The predicted molar refractivity (Wildman–Crippen MR) is 44.5 cm³/mol. The van der Waals surface area contributed by atoms with Crippen LogP contribution in [-0.2, 0) is 14.3 Å². The van der Waals surface area contributed by atoms with Gasteiger partial charge in [-0.2, -0.15) is 8.42 Å². The van der Waals surface area contributed by atoms with Crippen molar-refractivity contribution >= 4 is 10.1 Å². The Morgan fingerprint density at radius 1 is 1.45 bits per heavy atom. The second-order valence-electron chi connectivity index (χ2n) is 2.47. The van der Waals surface area contributed by atoms with Gasteiger partial charge in [0.1, 0.15) is 0 Å². The first-order chi connectivity index (χ1) is 4.98. The topological polar surface area (TPSA) is 43.4 Å². The molecule has 0 amide bonds. The fraction of sp³-hybridized carbons (Fsp3) is 0.714. The quantitative estimate of drug-likeness (QED) is 0.613. The monoisotopic (exact) mass is 178 g/mol. The van der Waals surface area contributed by atoms with Crippen molar-refractivity contribution in [3.63, 3.8) is 0 Å². The van der Waals surface area contributed by atoms with Gasteiger partial charge in [-0.1, -0.05) is 19.9 Å². The maximum Gasteiger partial charge on any atom is 0.289 e. The van der Waals surface area contributed by atoms with Crippen molar-refractivity contribution < 1.29 is 12.6 Å². The van der Waals surface area contributed by atoms with E-state index in [0.29, 0.717) is 0 Å². The third kappa shape index (κ3) is 6.06. The van der Waals surface area contributed by atoms with E-state index in [0.717, 1.165) is 5.41 Å². The summed E-state index contributed by atoms with van der Waals surface area (Å²) in [4.78, 5) is 0. The van der Waals surface area contributed by atoms with Crippen LogP contribution in [0, 0.1) is 5.92 Å². The van der Waals surface area contributed by atoms with Gasteiger partial charge in [0.25, 0.3) is 10.1 Å². The van der Waals surface area contributed by atoms with Crippen LogP contribution in [-0.4, -0.2) is 15.0 Å². The average molecular weight is 178 g/mol. The lowest BCUT2D eigenvalue weighted by atomic mass is 10.2. The van der Waals surface area contributed by atoms with Crippen molar-refractivity contribution in [2.75, 3.05) is 6.61 Å². The van der Waals surface area contributed by atoms with Crippen LogP contribution < -0.4 is 0 Å². The lowest BCUT2D eigenvalue weighted by molar-refractivity contribution is 0.344. The Morgan fingerprint density at radius 3 is 2.36 bits per heavy atom. The summed E-state index contributed by atoms with van der Waals surface area (Å²) in [7, 11) is -3.41. The first-order valence-corrected chi connectivity index (χ1v) is 5.02. The van der Waals surface area contributed by atoms with Crippen LogP contribution in [0.4, 0.5) is 0 Å². The van der Waals surface area contributed by atoms with Crippen molar-refractivity contribution in [2.45, 2.75) is 20.8 Å². The smallest absolute Gasteiger partial charge is 0.267 e. The zero-order valence-electron chi connectivity index (χ0n) is 7.07. The Morgan fingerprint density at radius 2 is 2.00 bits per heavy atom. The molecule has 0 unspecified atom stereocenters. The highest BCUT2D eigenvalue weighted by atomic mass is 32.2. The molecule has 0 heterocycles. The highest BCUT2D eigenvalue weighted by Crippen LogP contribution is 1.99. The molecule has 4 heteroatoms.